The third-order valence-corrected chi connectivity index (χ3v) is 1.22. The molecule has 0 aliphatic heterocycles. The van der Waals surface area contributed by atoms with Gasteiger partial charge in [-0.05, 0) is 0 Å². The van der Waals surface area contributed by atoms with Crippen LogP contribution in [-0.4, -0.2) is 25.3 Å². The van der Waals surface area contributed by atoms with Crippen molar-refractivity contribution in [3.8, 4) is 0 Å². The van der Waals surface area contributed by atoms with E-state index in [2.05, 4.69) is 15.5 Å². The Morgan fingerprint density at radius 3 is 2.17 bits per heavy atom. The van der Waals surface area contributed by atoms with E-state index < -0.39 is 5.03 Å². The average Bonchev–Trinajstić information content (AvgIpc) is 2.13. The van der Waals surface area contributed by atoms with Gasteiger partial charge in [-0.25, -0.2) is 0 Å². The van der Waals surface area contributed by atoms with Crippen LogP contribution in [0.15, 0.2) is 0 Å². The predicted molar refractivity (Wildman–Crippen MR) is 52.4 cm³/mol. The molecule has 1 aromatic heterocycles. The lowest BCUT2D eigenvalue weighted by atomic mass is 11.4. The number of hydrogen-bond donors (Lipinski definition) is 1. The Bertz CT molecular complexity index is 239. The molecule has 0 amide bonds. The summed E-state index contributed by atoms with van der Waals surface area (Å²) in [5, 5.41) is 18.6. The summed E-state index contributed by atoms with van der Waals surface area (Å²) in [5.41, 5.74) is 0. The van der Waals surface area contributed by atoms with Crippen molar-refractivity contribution in [1.29, 1.82) is 0 Å². The Kier molecular flexibility index (Phi) is 10.9. The van der Waals surface area contributed by atoms with Gasteiger partial charge in [-0.3, -0.25) is 0 Å². The minimum atomic E-state index is -0.707. The maximum absolute atomic E-state index is 9.90. The van der Waals surface area contributed by atoms with E-state index in [1.165, 1.54) is 0 Å². The number of nitro groups is 1. The number of hydrogen-bond acceptors (Lipinski definition) is 6. The highest BCUT2D eigenvalue weighted by Crippen LogP contribution is 1.93. The van der Waals surface area contributed by atoms with Crippen LogP contribution in [0.3, 0.4) is 0 Å². The topological polar surface area (TPSA) is 122 Å². The van der Waals surface area contributed by atoms with Gasteiger partial charge in [0.15, 0.2) is 0 Å². The van der Waals surface area contributed by atoms with Crippen LogP contribution in [0.1, 0.15) is 0 Å². The van der Waals surface area contributed by atoms with Crippen LogP contribution in [-0.2, 0) is 0 Å². The van der Waals surface area contributed by atoms with E-state index >= 15 is 0 Å². The second-order valence-corrected chi connectivity index (χ2v) is 2.04. The van der Waals surface area contributed by atoms with Gasteiger partial charge < -0.3 is 16.3 Å². The maximum Gasteiger partial charge on any atom is 0.284 e. The molecule has 0 fully saturated rings. The quantitative estimate of drug-likeness (QED) is 0.449. The van der Waals surface area contributed by atoms with Crippen LogP contribution in [0, 0.1) is 13.9 Å². The van der Waals surface area contributed by atoms with E-state index in [0.717, 1.165) is 0 Å². The zero-order valence-corrected chi connectivity index (χ0v) is 9.24. The standard InChI is InChI=1S/CIN5O2.2ClH.H3N/c2-1-3-4-5-6(1)7(8)9;;;/h;2*1H;1H3. The molecule has 0 saturated carbocycles. The average molecular weight is 331 g/mol. The number of halogens is 3. The van der Waals surface area contributed by atoms with Gasteiger partial charge in [0.25, 0.3) is 3.83 Å². The molecule has 12 heavy (non-hydrogen) atoms. The van der Waals surface area contributed by atoms with Gasteiger partial charge in [0, 0.05) is 22.6 Å². The number of rotatable bonds is 1. The lowest BCUT2D eigenvalue weighted by Crippen LogP contribution is -2.12. The number of aromatic nitrogens is 4. The Morgan fingerprint density at radius 1 is 1.50 bits per heavy atom. The molecule has 0 spiro atoms. The van der Waals surface area contributed by atoms with Crippen LogP contribution in [0.4, 0.5) is 0 Å². The van der Waals surface area contributed by atoms with Crippen LogP contribution >= 0.6 is 47.4 Å². The van der Waals surface area contributed by atoms with Crippen LogP contribution in [0.25, 0.3) is 0 Å². The molecule has 3 N–H and O–H groups in total. The third-order valence-electron chi connectivity index (χ3n) is 0.572. The summed E-state index contributed by atoms with van der Waals surface area (Å²) in [4.78, 5) is 10.4. The van der Waals surface area contributed by atoms with Crippen LogP contribution in [0.5, 0.6) is 0 Å². The van der Waals surface area contributed by atoms with Crippen molar-refractivity contribution < 1.29 is 5.03 Å². The second kappa shape index (κ2) is 7.39. The van der Waals surface area contributed by atoms with Gasteiger partial charge in [-0.1, -0.05) is 5.10 Å². The van der Waals surface area contributed by atoms with Gasteiger partial charge in [-0.2, -0.15) is 0 Å². The molecule has 11 heteroatoms. The first-order chi connectivity index (χ1) is 4.22. The molecule has 0 unspecified atom stereocenters. The van der Waals surface area contributed by atoms with E-state index in [1.54, 1.807) is 22.6 Å². The van der Waals surface area contributed by atoms with Gasteiger partial charge in [0.1, 0.15) is 5.21 Å². The van der Waals surface area contributed by atoms with Crippen molar-refractivity contribution in [1.82, 2.24) is 26.5 Å². The molecule has 1 rings (SSSR count). The SMILES string of the molecule is Cl.Cl.N.O=[N+]([O-])n1nnnc1I. The highest BCUT2D eigenvalue weighted by atomic mass is 127. The van der Waals surface area contributed by atoms with Gasteiger partial charge >= 0.3 is 0 Å². The van der Waals surface area contributed by atoms with Gasteiger partial charge in [0.05, 0.1) is 9.82 Å². The molecule has 0 bridgehead atoms. The highest BCUT2D eigenvalue weighted by Gasteiger charge is 2.10. The monoisotopic (exact) mass is 330 g/mol. The fraction of sp³-hybridized carbons (Fsp3) is 0. The minimum absolute atomic E-state index is 0. The van der Waals surface area contributed by atoms with Crippen molar-refractivity contribution >= 4 is 47.4 Å². The summed E-state index contributed by atoms with van der Waals surface area (Å²) >= 11 is 1.66. The van der Waals surface area contributed by atoms with E-state index in [0.29, 0.717) is 4.79 Å². The minimum Gasteiger partial charge on any atom is -0.344 e. The molecule has 0 radical (unpaired) electrons. The molecule has 0 aliphatic carbocycles. The van der Waals surface area contributed by atoms with E-state index in [9.17, 15) is 10.1 Å². The molecular weight excluding hydrogens is 326 g/mol. The van der Waals surface area contributed by atoms with Crippen LogP contribution < -0.4 is 6.15 Å². The molecule has 1 heterocycles. The molecule has 0 aromatic carbocycles. The summed E-state index contributed by atoms with van der Waals surface area (Å²) in [7, 11) is 0. The van der Waals surface area contributed by atoms with Crippen molar-refractivity contribution in [2.24, 2.45) is 0 Å². The van der Waals surface area contributed by atoms with Crippen molar-refractivity contribution in [3.05, 3.63) is 13.9 Å². The Balaban J connectivity index is -0.000000270. The maximum atomic E-state index is 9.90. The van der Waals surface area contributed by atoms with E-state index in [1.807, 2.05) is 0 Å². The zero-order valence-electron chi connectivity index (χ0n) is 5.45. The second-order valence-electron chi connectivity index (χ2n) is 1.08. The van der Waals surface area contributed by atoms with E-state index in [-0.39, 0.29) is 34.8 Å². The molecule has 72 valence electrons. The Morgan fingerprint density at radius 2 is 2.00 bits per heavy atom. The van der Waals surface area contributed by atoms with Crippen LogP contribution in [0.2, 0.25) is 0 Å². The molecule has 0 saturated heterocycles. The van der Waals surface area contributed by atoms with E-state index in [4.69, 9.17) is 0 Å². The third kappa shape index (κ3) is 3.94. The highest BCUT2D eigenvalue weighted by molar-refractivity contribution is 14.1. The molecule has 1 aromatic rings. The number of tetrazole rings is 1. The largest absolute Gasteiger partial charge is 0.344 e. The van der Waals surface area contributed by atoms with Crippen molar-refractivity contribution in [2.75, 3.05) is 0 Å². The molecule has 8 nitrogen and oxygen atoms in total. The normalized spacial score (nSPS) is 7.08. The van der Waals surface area contributed by atoms with Crippen molar-refractivity contribution in [3.63, 3.8) is 0 Å². The summed E-state index contributed by atoms with van der Waals surface area (Å²) in [6, 6.07) is 0. The number of nitrogens with zero attached hydrogens (tertiary/aromatic N) is 5. The predicted octanol–water partition coefficient (Wildman–Crippen LogP) is 0.323. The van der Waals surface area contributed by atoms with Gasteiger partial charge in [-0.15, -0.1) is 24.8 Å². The fourth-order valence-corrected chi connectivity index (χ4v) is 0.641. The Hall–Kier alpha value is -0.260. The summed E-state index contributed by atoms with van der Waals surface area (Å²) in [6.07, 6.45) is 0. The van der Waals surface area contributed by atoms with Crippen molar-refractivity contribution in [2.45, 2.75) is 0 Å². The molecule has 0 aliphatic rings. The lowest BCUT2D eigenvalue weighted by molar-refractivity contribution is -0.556. The molecular formula is CH5Cl2IN6O2. The molecule has 0 atom stereocenters. The smallest absolute Gasteiger partial charge is 0.284 e. The fourth-order valence-electron chi connectivity index (χ4n) is 0.272. The zero-order chi connectivity index (χ0) is 6.85. The Labute approximate surface area is 92.7 Å². The first kappa shape index (κ1) is 17.7. The van der Waals surface area contributed by atoms with Gasteiger partial charge in [0.2, 0.25) is 5.21 Å². The summed E-state index contributed by atoms with van der Waals surface area (Å²) in [6.45, 7) is 0. The first-order valence-corrected chi connectivity index (χ1v) is 2.88. The lowest BCUT2D eigenvalue weighted by Gasteiger charge is -1.86. The summed E-state index contributed by atoms with van der Waals surface area (Å²) in [5.74, 6) is 0. The first-order valence-electron chi connectivity index (χ1n) is 1.80. The summed E-state index contributed by atoms with van der Waals surface area (Å²) < 4.78 is 0.137.